The number of likely N-dealkylation sites (tertiary alicyclic amines) is 1. The van der Waals surface area contributed by atoms with E-state index >= 15 is 0 Å². The van der Waals surface area contributed by atoms with Crippen LogP contribution in [0.15, 0.2) is 69.6 Å². The number of carbonyl (C=O) groups excluding carboxylic acids is 1. The second-order valence-electron chi connectivity index (χ2n) is 10.7. The molecule has 2 aliphatic rings. The lowest BCUT2D eigenvalue weighted by molar-refractivity contribution is -0.146. The molecule has 7 nitrogen and oxygen atoms in total. The summed E-state index contributed by atoms with van der Waals surface area (Å²) in [4.78, 5) is 33.8. The van der Waals surface area contributed by atoms with Crippen molar-refractivity contribution in [1.29, 1.82) is 0 Å². The van der Waals surface area contributed by atoms with Gasteiger partial charge in [-0.2, -0.15) is 0 Å². The lowest BCUT2D eigenvalue weighted by atomic mass is 9.75. The van der Waals surface area contributed by atoms with Crippen molar-refractivity contribution in [3.8, 4) is 10.4 Å². The summed E-state index contributed by atoms with van der Waals surface area (Å²) in [6.45, 7) is 0.639. The van der Waals surface area contributed by atoms with Crippen LogP contribution in [-0.4, -0.2) is 50.1 Å². The van der Waals surface area contributed by atoms with Gasteiger partial charge in [0.1, 0.15) is 5.76 Å². The Morgan fingerprint density at radius 3 is 2.62 bits per heavy atom. The highest BCUT2D eigenvalue weighted by Crippen LogP contribution is 2.46. The fraction of sp³-hybridized carbons (Fsp3) is 0.414. The molecule has 6 rings (SSSR count). The Morgan fingerprint density at radius 2 is 1.90 bits per heavy atom. The van der Waals surface area contributed by atoms with E-state index in [4.69, 9.17) is 4.42 Å². The number of hydrogen-bond donors (Lipinski definition) is 1. The SMILES string of the molecule is O=C(C1CCC(F)(F)CC1c1ccco1)N1CCC(O)(Cn2cnc3c(-c4ccccc4)scc3c2=O)CC1. The zero-order valence-electron chi connectivity index (χ0n) is 21.3. The highest BCUT2D eigenvalue weighted by atomic mass is 32.1. The Morgan fingerprint density at radius 1 is 1.13 bits per heavy atom. The molecular formula is C29H29F2N3O4S. The van der Waals surface area contributed by atoms with Crippen LogP contribution in [-0.2, 0) is 11.3 Å². The minimum atomic E-state index is -2.83. The molecule has 0 radical (unpaired) electrons. The number of piperidine rings is 1. The number of alkyl halides is 2. The molecule has 204 valence electrons. The van der Waals surface area contributed by atoms with E-state index in [1.807, 2.05) is 30.3 Å². The van der Waals surface area contributed by atoms with Gasteiger partial charge < -0.3 is 14.4 Å². The molecule has 4 heterocycles. The number of hydrogen-bond acceptors (Lipinski definition) is 6. The maximum absolute atomic E-state index is 14.2. The van der Waals surface area contributed by atoms with Crippen LogP contribution in [0, 0.1) is 5.92 Å². The highest BCUT2D eigenvalue weighted by molar-refractivity contribution is 7.15. The van der Waals surface area contributed by atoms with Gasteiger partial charge in [-0.1, -0.05) is 30.3 Å². The molecule has 1 saturated heterocycles. The number of aromatic nitrogens is 2. The van der Waals surface area contributed by atoms with Crippen LogP contribution in [0.25, 0.3) is 21.3 Å². The normalized spacial score (nSPS) is 22.7. The zero-order chi connectivity index (χ0) is 27.2. The minimum absolute atomic E-state index is 0.0675. The topological polar surface area (TPSA) is 88.6 Å². The van der Waals surface area contributed by atoms with Crippen molar-refractivity contribution in [2.24, 2.45) is 5.92 Å². The van der Waals surface area contributed by atoms with Crippen LogP contribution in [0.4, 0.5) is 8.78 Å². The molecule has 10 heteroatoms. The molecule has 4 aromatic rings. The highest BCUT2D eigenvalue weighted by Gasteiger charge is 2.47. The molecule has 0 bridgehead atoms. The lowest BCUT2D eigenvalue weighted by Crippen LogP contribution is -2.52. The van der Waals surface area contributed by atoms with E-state index in [2.05, 4.69) is 4.98 Å². The number of furan rings is 1. The van der Waals surface area contributed by atoms with Gasteiger partial charge in [0.2, 0.25) is 11.8 Å². The number of fused-ring (bicyclic) bond motifs is 1. The molecule has 1 saturated carbocycles. The first-order valence-corrected chi connectivity index (χ1v) is 14.1. The van der Waals surface area contributed by atoms with Gasteiger partial charge in [0.05, 0.1) is 40.5 Å². The van der Waals surface area contributed by atoms with Crippen molar-refractivity contribution in [3.05, 3.63) is 76.5 Å². The van der Waals surface area contributed by atoms with Gasteiger partial charge in [-0.15, -0.1) is 11.3 Å². The van der Waals surface area contributed by atoms with Crippen molar-refractivity contribution >= 4 is 28.1 Å². The molecule has 1 N–H and O–H groups in total. The van der Waals surface area contributed by atoms with Crippen LogP contribution in [0.3, 0.4) is 0 Å². The Bertz CT molecular complexity index is 1530. The van der Waals surface area contributed by atoms with E-state index in [1.165, 1.54) is 28.5 Å². The molecular weight excluding hydrogens is 524 g/mol. The number of halogens is 2. The van der Waals surface area contributed by atoms with Gasteiger partial charge >= 0.3 is 0 Å². The van der Waals surface area contributed by atoms with Gasteiger partial charge in [0.25, 0.3) is 5.56 Å². The van der Waals surface area contributed by atoms with E-state index in [0.717, 1.165) is 10.4 Å². The molecule has 2 unspecified atom stereocenters. The summed E-state index contributed by atoms with van der Waals surface area (Å²) >= 11 is 1.46. The van der Waals surface area contributed by atoms with E-state index in [0.29, 0.717) is 16.7 Å². The second-order valence-corrected chi connectivity index (χ2v) is 11.6. The van der Waals surface area contributed by atoms with Crippen molar-refractivity contribution in [2.45, 2.75) is 56.1 Å². The third-order valence-electron chi connectivity index (χ3n) is 8.14. The zero-order valence-corrected chi connectivity index (χ0v) is 22.1. The smallest absolute Gasteiger partial charge is 0.262 e. The van der Waals surface area contributed by atoms with E-state index in [1.54, 1.807) is 22.4 Å². The van der Waals surface area contributed by atoms with E-state index in [9.17, 15) is 23.5 Å². The average Bonchev–Trinajstić information content (AvgIpc) is 3.61. The first-order chi connectivity index (χ1) is 18.7. The summed E-state index contributed by atoms with van der Waals surface area (Å²) in [5, 5.41) is 13.7. The lowest BCUT2D eigenvalue weighted by Gasteiger charge is -2.42. The first-order valence-electron chi connectivity index (χ1n) is 13.2. The summed E-state index contributed by atoms with van der Waals surface area (Å²) in [7, 11) is 0. The van der Waals surface area contributed by atoms with Gasteiger partial charge in [0.15, 0.2) is 0 Å². The predicted molar refractivity (Wildman–Crippen MR) is 144 cm³/mol. The third kappa shape index (κ3) is 5.03. The number of rotatable bonds is 5. The number of thiophene rings is 1. The number of aliphatic hydroxyl groups is 1. The molecule has 3 aromatic heterocycles. The predicted octanol–water partition coefficient (Wildman–Crippen LogP) is 5.29. The van der Waals surface area contributed by atoms with Crippen LogP contribution in [0.2, 0.25) is 0 Å². The maximum Gasteiger partial charge on any atom is 0.262 e. The number of amides is 1. The van der Waals surface area contributed by atoms with Crippen LogP contribution in [0.1, 0.15) is 43.8 Å². The summed E-state index contributed by atoms with van der Waals surface area (Å²) in [6, 6.07) is 13.1. The van der Waals surface area contributed by atoms with Gasteiger partial charge in [-0.3, -0.25) is 14.2 Å². The molecule has 1 aliphatic heterocycles. The third-order valence-corrected chi connectivity index (χ3v) is 9.16. The molecule has 39 heavy (non-hydrogen) atoms. The van der Waals surface area contributed by atoms with Crippen LogP contribution >= 0.6 is 11.3 Å². The average molecular weight is 554 g/mol. The Kier molecular flexibility index (Phi) is 6.63. The summed E-state index contributed by atoms with van der Waals surface area (Å²) in [5.41, 5.74) is 0.237. The summed E-state index contributed by atoms with van der Waals surface area (Å²) in [6.07, 6.45) is 2.82. The number of carbonyl (C=O) groups is 1. The van der Waals surface area contributed by atoms with Crippen LogP contribution < -0.4 is 5.56 Å². The van der Waals surface area contributed by atoms with Crippen LogP contribution in [0.5, 0.6) is 0 Å². The van der Waals surface area contributed by atoms with Gasteiger partial charge in [-0.05, 0) is 37.0 Å². The first kappa shape index (κ1) is 25.9. The van der Waals surface area contributed by atoms with Crippen molar-refractivity contribution in [1.82, 2.24) is 14.5 Å². The Labute approximate surface area is 227 Å². The second kappa shape index (κ2) is 9.98. The number of nitrogens with zero attached hydrogens (tertiary/aromatic N) is 3. The molecule has 1 aromatic carbocycles. The van der Waals surface area contributed by atoms with Crippen molar-refractivity contribution in [3.63, 3.8) is 0 Å². The standard InChI is InChI=1S/C29H29F2N3O4S/c30-29(31)9-8-20(21(15-29)23-7-4-14-38-23)26(35)33-12-10-28(37,11-13-33)17-34-18-32-24-22(27(34)36)16-39-25(24)19-5-2-1-3-6-19/h1-7,14,16,18,20-21,37H,8-13,15,17H2. The minimum Gasteiger partial charge on any atom is -0.469 e. The van der Waals surface area contributed by atoms with Gasteiger partial charge in [0, 0.05) is 43.1 Å². The molecule has 1 amide bonds. The maximum atomic E-state index is 14.2. The number of benzene rings is 1. The monoisotopic (exact) mass is 553 g/mol. The molecule has 1 aliphatic carbocycles. The molecule has 2 fully saturated rings. The fourth-order valence-electron chi connectivity index (χ4n) is 5.96. The molecule has 0 spiro atoms. The Balaban J connectivity index is 1.15. The van der Waals surface area contributed by atoms with Crippen molar-refractivity contribution in [2.75, 3.05) is 13.1 Å². The van der Waals surface area contributed by atoms with Crippen molar-refractivity contribution < 1.29 is 23.1 Å². The van der Waals surface area contributed by atoms with Gasteiger partial charge in [-0.25, -0.2) is 13.8 Å². The molecule has 2 atom stereocenters. The fourth-order valence-corrected chi connectivity index (χ4v) is 6.95. The van der Waals surface area contributed by atoms with E-state index < -0.39 is 29.8 Å². The summed E-state index contributed by atoms with van der Waals surface area (Å²) in [5.74, 6) is -3.87. The van der Waals surface area contributed by atoms with E-state index in [-0.39, 0.29) is 56.8 Å². The summed E-state index contributed by atoms with van der Waals surface area (Å²) < 4.78 is 35.3. The Hall–Kier alpha value is -3.37. The quantitative estimate of drug-likeness (QED) is 0.363. The largest absolute Gasteiger partial charge is 0.469 e.